The number of carbonyl (C=O) groups excluding carboxylic acids is 2. The quantitative estimate of drug-likeness (QED) is 0.399. The van der Waals surface area contributed by atoms with Crippen LogP contribution in [-0.4, -0.2) is 60.4 Å². The maximum atomic E-state index is 13.2. The fourth-order valence-electron chi connectivity index (χ4n) is 5.40. The summed E-state index contributed by atoms with van der Waals surface area (Å²) in [4.78, 5) is 35.5. The van der Waals surface area contributed by atoms with E-state index < -0.39 is 17.9 Å². The van der Waals surface area contributed by atoms with E-state index in [9.17, 15) is 9.59 Å². The molecular weight excluding hydrogens is 476 g/mol. The highest BCUT2D eigenvalue weighted by molar-refractivity contribution is 6.08. The average molecular weight is 511 g/mol. The predicted molar refractivity (Wildman–Crippen MR) is 147 cm³/mol. The van der Waals surface area contributed by atoms with E-state index in [2.05, 4.69) is 63.6 Å². The minimum absolute atomic E-state index is 0.149. The second kappa shape index (κ2) is 11.6. The molecule has 0 radical (unpaired) electrons. The normalized spacial score (nSPS) is 20.1. The summed E-state index contributed by atoms with van der Waals surface area (Å²) >= 11 is 0. The van der Waals surface area contributed by atoms with E-state index >= 15 is 0 Å². The van der Waals surface area contributed by atoms with Gasteiger partial charge in [0, 0.05) is 26.2 Å². The number of guanidine groups is 1. The van der Waals surface area contributed by atoms with Gasteiger partial charge in [-0.2, -0.15) is 0 Å². The van der Waals surface area contributed by atoms with E-state index in [0.717, 1.165) is 24.2 Å². The number of aliphatic imine (C=N–C) groups is 1. The third kappa shape index (κ3) is 5.48. The molecule has 7 nitrogen and oxygen atoms in total. The Kier molecular flexibility index (Phi) is 7.84. The Labute approximate surface area is 224 Å². The highest BCUT2D eigenvalue weighted by Crippen LogP contribution is 2.33. The molecule has 2 aliphatic heterocycles. The summed E-state index contributed by atoms with van der Waals surface area (Å²) in [6, 6.07) is 28.5. The number of hydrogen-bond donors (Lipinski definition) is 1. The van der Waals surface area contributed by atoms with Gasteiger partial charge in [0.1, 0.15) is 6.04 Å². The molecule has 7 heteroatoms. The monoisotopic (exact) mass is 510 g/mol. The second-order valence-electron chi connectivity index (χ2n) is 9.78. The van der Waals surface area contributed by atoms with Crippen molar-refractivity contribution in [3.63, 3.8) is 0 Å². The van der Waals surface area contributed by atoms with Gasteiger partial charge in [-0.25, -0.2) is 4.99 Å². The van der Waals surface area contributed by atoms with Crippen molar-refractivity contribution in [3.05, 3.63) is 107 Å². The standard InChI is InChI=1S/C31H34N4O3/c1-3-38-30(37)26-27(25-16-10-11-22(2)21-25)32-31(33-29(26)36)35-19-17-34(18-20-35)28(23-12-6-4-7-13-23)24-14-8-5-9-15-24/h4-16,21,26-28H,3,17-20H2,1-2H3,(H,32,33,36)/t26-,27-/m1/s1. The van der Waals surface area contributed by atoms with E-state index in [-0.39, 0.29) is 18.6 Å². The van der Waals surface area contributed by atoms with Gasteiger partial charge in [-0.05, 0) is 30.5 Å². The lowest BCUT2D eigenvalue weighted by Crippen LogP contribution is -2.57. The Hall–Kier alpha value is -3.97. The lowest BCUT2D eigenvalue weighted by atomic mass is 9.90. The number of piperazine rings is 1. The van der Waals surface area contributed by atoms with Crippen LogP contribution in [0.1, 0.15) is 41.3 Å². The average Bonchev–Trinajstić information content (AvgIpc) is 2.94. The molecule has 0 aliphatic carbocycles. The first-order valence-electron chi connectivity index (χ1n) is 13.3. The molecule has 1 N–H and O–H groups in total. The lowest BCUT2D eigenvalue weighted by Gasteiger charge is -2.42. The van der Waals surface area contributed by atoms with Crippen LogP contribution in [0.15, 0.2) is 89.9 Å². The van der Waals surface area contributed by atoms with E-state index in [1.54, 1.807) is 6.92 Å². The molecule has 0 bridgehead atoms. The first kappa shape index (κ1) is 25.7. The Bertz CT molecular complexity index is 1250. The Morgan fingerprint density at radius 2 is 1.58 bits per heavy atom. The molecule has 1 fully saturated rings. The van der Waals surface area contributed by atoms with Gasteiger partial charge in [-0.1, -0.05) is 90.5 Å². The van der Waals surface area contributed by atoms with Crippen molar-refractivity contribution >= 4 is 17.8 Å². The number of carbonyl (C=O) groups is 2. The molecule has 3 aromatic carbocycles. The molecule has 2 atom stereocenters. The molecular formula is C31H34N4O3. The van der Waals surface area contributed by atoms with Gasteiger partial charge in [0.2, 0.25) is 11.9 Å². The van der Waals surface area contributed by atoms with Crippen LogP contribution in [0.2, 0.25) is 0 Å². The van der Waals surface area contributed by atoms with Crippen molar-refractivity contribution in [1.29, 1.82) is 0 Å². The SMILES string of the molecule is CCOC(=O)[C@H]1C(=O)NC(N2CCN(C(c3ccccc3)c3ccccc3)CC2)=N[C@@H]1c1cccc(C)c1. The first-order valence-corrected chi connectivity index (χ1v) is 13.3. The highest BCUT2D eigenvalue weighted by atomic mass is 16.5. The van der Waals surface area contributed by atoms with Crippen molar-refractivity contribution < 1.29 is 14.3 Å². The van der Waals surface area contributed by atoms with Crippen molar-refractivity contribution in [1.82, 2.24) is 15.1 Å². The van der Waals surface area contributed by atoms with Crippen LogP contribution >= 0.6 is 0 Å². The highest BCUT2D eigenvalue weighted by Gasteiger charge is 2.42. The van der Waals surface area contributed by atoms with E-state index in [4.69, 9.17) is 9.73 Å². The number of nitrogens with one attached hydrogen (secondary N) is 1. The molecule has 2 heterocycles. The zero-order valence-corrected chi connectivity index (χ0v) is 21.9. The van der Waals surface area contributed by atoms with Crippen LogP contribution in [-0.2, 0) is 14.3 Å². The molecule has 0 unspecified atom stereocenters. The van der Waals surface area contributed by atoms with Crippen molar-refractivity contribution in [2.75, 3.05) is 32.8 Å². The molecule has 1 amide bonds. The predicted octanol–water partition coefficient (Wildman–Crippen LogP) is 4.11. The summed E-state index contributed by atoms with van der Waals surface area (Å²) in [7, 11) is 0. The number of ether oxygens (including phenoxy) is 1. The summed E-state index contributed by atoms with van der Waals surface area (Å²) in [5.41, 5.74) is 4.40. The Balaban J connectivity index is 1.38. The number of hydrogen-bond acceptors (Lipinski definition) is 6. The Morgan fingerprint density at radius 1 is 0.947 bits per heavy atom. The number of amides is 1. The summed E-state index contributed by atoms with van der Waals surface area (Å²) in [6.45, 7) is 6.98. The molecule has 5 rings (SSSR count). The third-order valence-electron chi connectivity index (χ3n) is 7.23. The minimum Gasteiger partial charge on any atom is -0.465 e. The van der Waals surface area contributed by atoms with Gasteiger partial charge >= 0.3 is 5.97 Å². The summed E-state index contributed by atoms with van der Waals surface area (Å²) in [5, 5.41) is 2.91. The van der Waals surface area contributed by atoms with Gasteiger partial charge in [0.25, 0.3) is 0 Å². The molecule has 3 aromatic rings. The number of benzene rings is 3. The zero-order valence-electron chi connectivity index (χ0n) is 21.9. The largest absolute Gasteiger partial charge is 0.465 e. The molecule has 196 valence electrons. The zero-order chi connectivity index (χ0) is 26.5. The summed E-state index contributed by atoms with van der Waals surface area (Å²) in [6.07, 6.45) is 0. The van der Waals surface area contributed by atoms with Crippen LogP contribution in [0.4, 0.5) is 0 Å². The van der Waals surface area contributed by atoms with Gasteiger partial charge in [-0.3, -0.25) is 19.8 Å². The number of aryl methyl sites for hydroxylation is 1. The van der Waals surface area contributed by atoms with E-state index in [0.29, 0.717) is 19.0 Å². The van der Waals surface area contributed by atoms with Crippen LogP contribution in [0.5, 0.6) is 0 Å². The van der Waals surface area contributed by atoms with Crippen LogP contribution in [0, 0.1) is 12.8 Å². The van der Waals surface area contributed by atoms with Crippen molar-refractivity contribution in [2.45, 2.75) is 25.9 Å². The van der Waals surface area contributed by atoms with Gasteiger partial charge in [0.15, 0.2) is 5.92 Å². The molecule has 0 spiro atoms. The summed E-state index contributed by atoms with van der Waals surface area (Å²) in [5.74, 6) is -1.40. The van der Waals surface area contributed by atoms with Crippen LogP contribution < -0.4 is 5.32 Å². The first-order chi connectivity index (χ1) is 18.5. The fourth-order valence-corrected chi connectivity index (χ4v) is 5.40. The van der Waals surface area contributed by atoms with Crippen LogP contribution in [0.3, 0.4) is 0 Å². The molecule has 0 aromatic heterocycles. The number of nitrogens with zero attached hydrogens (tertiary/aromatic N) is 3. The molecule has 2 aliphatic rings. The Morgan fingerprint density at radius 3 is 2.16 bits per heavy atom. The smallest absolute Gasteiger partial charge is 0.321 e. The molecule has 0 saturated carbocycles. The van der Waals surface area contributed by atoms with Crippen LogP contribution in [0.25, 0.3) is 0 Å². The van der Waals surface area contributed by atoms with Crippen molar-refractivity contribution in [2.24, 2.45) is 10.9 Å². The number of esters is 1. The molecule has 38 heavy (non-hydrogen) atoms. The minimum atomic E-state index is -1.01. The third-order valence-corrected chi connectivity index (χ3v) is 7.23. The number of rotatable bonds is 6. The van der Waals surface area contributed by atoms with E-state index in [1.807, 2.05) is 43.3 Å². The maximum absolute atomic E-state index is 13.2. The van der Waals surface area contributed by atoms with Crippen molar-refractivity contribution in [3.8, 4) is 0 Å². The lowest BCUT2D eigenvalue weighted by molar-refractivity contribution is -0.153. The van der Waals surface area contributed by atoms with Gasteiger partial charge in [0.05, 0.1) is 12.6 Å². The van der Waals surface area contributed by atoms with Gasteiger partial charge in [-0.15, -0.1) is 0 Å². The molecule has 1 saturated heterocycles. The topological polar surface area (TPSA) is 74.2 Å². The van der Waals surface area contributed by atoms with Gasteiger partial charge < -0.3 is 9.64 Å². The van der Waals surface area contributed by atoms with E-state index in [1.165, 1.54) is 11.1 Å². The fraction of sp³-hybridized carbons (Fsp3) is 0.323. The second-order valence-corrected chi connectivity index (χ2v) is 9.78. The summed E-state index contributed by atoms with van der Waals surface area (Å²) < 4.78 is 5.25. The maximum Gasteiger partial charge on any atom is 0.321 e.